The maximum atomic E-state index is 15.3. The van der Waals surface area contributed by atoms with Crippen LogP contribution in [0.3, 0.4) is 0 Å². The van der Waals surface area contributed by atoms with Crippen molar-refractivity contribution < 1.29 is 4.39 Å². The Morgan fingerprint density at radius 3 is 1.49 bits per heavy atom. The Bertz CT molecular complexity index is 982. The second-order valence-electron chi connectivity index (χ2n) is 13.7. The van der Waals surface area contributed by atoms with Gasteiger partial charge in [0, 0.05) is 0 Å². The quantitative estimate of drug-likeness (QED) is 0.268. The number of halogens is 1. The summed E-state index contributed by atoms with van der Waals surface area (Å²) in [6, 6.07) is 16.1. The lowest BCUT2D eigenvalue weighted by atomic mass is 9.74. The van der Waals surface area contributed by atoms with Crippen molar-refractivity contribution in [2.45, 2.75) is 153 Å². The van der Waals surface area contributed by atoms with Gasteiger partial charge in [-0.15, -0.1) is 0 Å². The molecule has 0 radical (unpaired) electrons. The van der Waals surface area contributed by atoms with Crippen LogP contribution in [0.2, 0.25) is 0 Å². The summed E-state index contributed by atoms with van der Waals surface area (Å²) in [5.74, 6) is 4.34. The molecule has 3 saturated carbocycles. The SMILES string of the molecule is CCCCCC1CCC(c2ccc(C3CCC(c4ccc(C5CCC(CCC)CC5)c(F)c4)CC3)cc2)CC1. The monoisotopic (exact) mass is 530 g/mol. The second kappa shape index (κ2) is 14.3. The Labute approximate surface area is 239 Å². The first-order valence-corrected chi connectivity index (χ1v) is 17.0. The van der Waals surface area contributed by atoms with Gasteiger partial charge >= 0.3 is 0 Å². The molecule has 0 N–H and O–H groups in total. The summed E-state index contributed by atoms with van der Waals surface area (Å²) in [6.07, 6.45) is 23.7. The van der Waals surface area contributed by atoms with E-state index in [1.54, 1.807) is 5.56 Å². The fourth-order valence-corrected chi connectivity index (χ4v) is 8.57. The molecule has 3 aliphatic rings. The molecule has 0 spiro atoms. The van der Waals surface area contributed by atoms with E-state index in [0.29, 0.717) is 17.8 Å². The normalized spacial score (nSPS) is 29.8. The summed E-state index contributed by atoms with van der Waals surface area (Å²) >= 11 is 0. The van der Waals surface area contributed by atoms with Gasteiger partial charge in [0.05, 0.1) is 0 Å². The van der Waals surface area contributed by atoms with Crippen molar-refractivity contribution in [1.82, 2.24) is 0 Å². The molecule has 1 heteroatoms. The van der Waals surface area contributed by atoms with Crippen LogP contribution >= 0.6 is 0 Å². The van der Waals surface area contributed by atoms with E-state index < -0.39 is 0 Å². The van der Waals surface area contributed by atoms with Crippen LogP contribution in [0.15, 0.2) is 42.5 Å². The summed E-state index contributed by atoms with van der Waals surface area (Å²) in [4.78, 5) is 0. The van der Waals surface area contributed by atoms with Crippen LogP contribution in [0.5, 0.6) is 0 Å². The van der Waals surface area contributed by atoms with Gasteiger partial charge in [0.25, 0.3) is 0 Å². The van der Waals surface area contributed by atoms with Crippen LogP contribution in [0.1, 0.15) is 175 Å². The molecule has 2 aromatic rings. The molecule has 0 atom stereocenters. The zero-order valence-corrected chi connectivity index (χ0v) is 25.1. The molecular weight excluding hydrogens is 475 g/mol. The Kier molecular flexibility index (Phi) is 10.6. The molecule has 2 aromatic carbocycles. The Morgan fingerprint density at radius 2 is 0.974 bits per heavy atom. The molecule has 0 heterocycles. The zero-order valence-electron chi connectivity index (χ0n) is 25.1. The third-order valence-electron chi connectivity index (χ3n) is 11.1. The first-order valence-electron chi connectivity index (χ1n) is 17.0. The van der Waals surface area contributed by atoms with Crippen molar-refractivity contribution >= 4 is 0 Å². The lowest BCUT2D eigenvalue weighted by Crippen LogP contribution is -2.15. The van der Waals surface area contributed by atoms with Gasteiger partial charge in [-0.3, -0.25) is 0 Å². The topological polar surface area (TPSA) is 0 Å². The maximum absolute atomic E-state index is 15.3. The minimum atomic E-state index is 0.0687. The summed E-state index contributed by atoms with van der Waals surface area (Å²) in [5.41, 5.74) is 5.35. The van der Waals surface area contributed by atoms with Gasteiger partial charge in [0.1, 0.15) is 5.82 Å². The number of benzene rings is 2. The fourth-order valence-electron chi connectivity index (χ4n) is 8.57. The minimum Gasteiger partial charge on any atom is -0.207 e. The molecule has 3 aliphatic carbocycles. The average molecular weight is 531 g/mol. The molecular formula is C38H55F. The molecule has 0 bridgehead atoms. The van der Waals surface area contributed by atoms with Crippen molar-refractivity contribution in [3.05, 3.63) is 70.5 Å². The number of hydrogen-bond donors (Lipinski definition) is 0. The first kappa shape index (κ1) is 28.9. The van der Waals surface area contributed by atoms with E-state index in [1.807, 2.05) is 6.07 Å². The van der Waals surface area contributed by atoms with Crippen molar-refractivity contribution in [2.24, 2.45) is 11.8 Å². The molecule has 3 fully saturated rings. The molecule has 5 rings (SSSR count). The minimum absolute atomic E-state index is 0.0687. The van der Waals surface area contributed by atoms with E-state index in [1.165, 1.54) is 127 Å². The van der Waals surface area contributed by atoms with Gasteiger partial charge in [-0.1, -0.05) is 88.8 Å². The number of hydrogen-bond acceptors (Lipinski definition) is 0. The molecule has 0 nitrogen and oxygen atoms in total. The summed E-state index contributed by atoms with van der Waals surface area (Å²) < 4.78 is 15.3. The van der Waals surface area contributed by atoms with Crippen LogP contribution in [-0.4, -0.2) is 0 Å². The molecule has 0 aromatic heterocycles. The highest BCUT2D eigenvalue weighted by Crippen LogP contribution is 2.44. The van der Waals surface area contributed by atoms with E-state index in [2.05, 4.69) is 50.2 Å². The lowest BCUT2D eigenvalue weighted by Gasteiger charge is -2.31. The highest BCUT2D eigenvalue weighted by molar-refractivity contribution is 5.32. The predicted octanol–water partition coefficient (Wildman–Crippen LogP) is 12.2. The second-order valence-corrected chi connectivity index (χ2v) is 13.7. The van der Waals surface area contributed by atoms with Crippen LogP contribution in [0.4, 0.5) is 4.39 Å². The molecule has 0 saturated heterocycles. The third kappa shape index (κ3) is 7.56. The van der Waals surface area contributed by atoms with Gasteiger partial charge in [-0.05, 0) is 141 Å². The first-order chi connectivity index (χ1) is 19.1. The van der Waals surface area contributed by atoms with Gasteiger partial charge in [-0.2, -0.15) is 0 Å². The Balaban J connectivity index is 1.09. The number of unbranched alkanes of at least 4 members (excludes halogenated alkanes) is 2. The van der Waals surface area contributed by atoms with Crippen LogP contribution in [0.25, 0.3) is 0 Å². The van der Waals surface area contributed by atoms with Gasteiger partial charge in [-0.25, -0.2) is 4.39 Å². The van der Waals surface area contributed by atoms with Gasteiger partial charge in [0.2, 0.25) is 0 Å². The van der Waals surface area contributed by atoms with Crippen molar-refractivity contribution in [1.29, 1.82) is 0 Å². The van der Waals surface area contributed by atoms with Crippen molar-refractivity contribution in [3.63, 3.8) is 0 Å². The summed E-state index contributed by atoms with van der Waals surface area (Å²) in [5, 5.41) is 0. The predicted molar refractivity (Wildman–Crippen MR) is 165 cm³/mol. The average Bonchev–Trinajstić information content (AvgIpc) is 2.99. The van der Waals surface area contributed by atoms with E-state index in [4.69, 9.17) is 0 Å². The largest absolute Gasteiger partial charge is 0.207 e. The molecule has 0 unspecified atom stereocenters. The van der Waals surface area contributed by atoms with E-state index in [9.17, 15) is 0 Å². The van der Waals surface area contributed by atoms with E-state index in [-0.39, 0.29) is 5.82 Å². The fraction of sp³-hybridized carbons (Fsp3) is 0.684. The van der Waals surface area contributed by atoms with Crippen molar-refractivity contribution in [2.75, 3.05) is 0 Å². The molecule has 0 aliphatic heterocycles. The highest BCUT2D eigenvalue weighted by atomic mass is 19.1. The Morgan fingerprint density at radius 1 is 0.513 bits per heavy atom. The molecule has 214 valence electrons. The van der Waals surface area contributed by atoms with Gasteiger partial charge in [0.15, 0.2) is 0 Å². The Hall–Kier alpha value is -1.63. The van der Waals surface area contributed by atoms with Crippen molar-refractivity contribution in [3.8, 4) is 0 Å². The maximum Gasteiger partial charge on any atom is 0.126 e. The molecule has 0 amide bonds. The molecule has 39 heavy (non-hydrogen) atoms. The zero-order chi connectivity index (χ0) is 27.0. The lowest BCUT2D eigenvalue weighted by molar-refractivity contribution is 0.302. The number of rotatable bonds is 10. The van der Waals surface area contributed by atoms with Crippen LogP contribution in [-0.2, 0) is 0 Å². The summed E-state index contributed by atoms with van der Waals surface area (Å²) in [6.45, 7) is 4.60. The summed E-state index contributed by atoms with van der Waals surface area (Å²) in [7, 11) is 0. The standard InChI is InChI=1S/C38H55F/c1-3-5-6-8-29-9-13-30(14-10-29)31-17-19-32(20-18-31)33-21-23-34(24-22-33)36-25-26-37(38(39)27-36)35-15-11-28(7-4-2)12-16-35/h17-20,25-30,33-35H,3-16,21-24H2,1-2H3. The van der Waals surface area contributed by atoms with Crippen LogP contribution < -0.4 is 0 Å². The van der Waals surface area contributed by atoms with Gasteiger partial charge < -0.3 is 0 Å². The van der Waals surface area contributed by atoms with Crippen LogP contribution in [0, 0.1) is 17.7 Å². The third-order valence-corrected chi connectivity index (χ3v) is 11.1. The van der Waals surface area contributed by atoms with E-state index >= 15 is 4.39 Å². The van der Waals surface area contributed by atoms with E-state index in [0.717, 1.165) is 23.3 Å². The highest BCUT2D eigenvalue weighted by Gasteiger charge is 2.27. The smallest absolute Gasteiger partial charge is 0.126 e.